The molecule has 0 spiro atoms. The molecule has 4 heteroatoms. The topological polar surface area (TPSA) is 73.7 Å². The van der Waals surface area contributed by atoms with E-state index in [-0.39, 0.29) is 0 Å². The molecule has 61 heavy (non-hydrogen) atoms. The standard InChI is InChI=1S/C19H25N.C19H23N.C10H11N.C9H11Br/c2*20-19(15-7-13-17-9-3-1-4-10-17)16-8-14-18-11-5-2-6-12-18;11-9-5-4-8-10-6-2-1-3-7-10;10-8-4-7-9-5-2-1-3-6-9/h1-6,9-12,19H,7-8,13-16,20H2;1-6,9-12,20H,7-8,13-16H2;1-3,6-7H,4-5,8H2;1-3,5-6H,4,7-8H2. The smallest absolute Gasteiger partial charge is 0.0621 e. The van der Waals surface area contributed by atoms with Gasteiger partial charge in [-0.25, -0.2) is 0 Å². The largest absolute Gasteiger partial charge is 0.328 e. The van der Waals surface area contributed by atoms with Gasteiger partial charge in [0.1, 0.15) is 0 Å². The van der Waals surface area contributed by atoms with Crippen LogP contribution in [0.3, 0.4) is 0 Å². The number of aryl methyl sites for hydroxylation is 6. The number of rotatable bonds is 22. The van der Waals surface area contributed by atoms with Crippen molar-refractivity contribution in [2.45, 2.75) is 115 Å². The van der Waals surface area contributed by atoms with Gasteiger partial charge in [0.2, 0.25) is 0 Å². The summed E-state index contributed by atoms with van der Waals surface area (Å²) in [4.78, 5) is 0. The second-order valence-electron chi connectivity index (χ2n) is 15.6. The summed E-state index contributed by atoms with van der Waals surface area (Å²) in [5.74, 6) is 0. The van der Waals surface area contributed by atoms with Crippen molar-refractivity contribution in [1.82, 2.24) is 0 Å². The van der Waals surface area contributed by atoms with Crippen LogP contribution in [-0.4, -0.2) is 17.1 Å². The molecule has 320 valence electrons. The van der Waals surface area contributed by atoms with Crippen molar-refractivity contribution in [2.75, 3.05) is 5.33 Å². The number of unbranched alkanes of at least 4 members (excludes halogenated alkanes) is 1. The number of nitrogens with two attached hydrogens (primary N) is 1. The third-order valence-electron chi connectivity index (χ3n) is 10.4. The number of nitriles is 1. The zero-order valence-electron chi connectivity index (χ0n) is 36.5. The lowest BCUT2D eigenvalue weighted by Gasteiger charge is -2.11. The monoisotopic (exact) mass is 875 g/mol. The van der Waals surface area contributed by atoms with Gasteiger partial charge in [-0.1, -0.05) is 198 Å². The van der Waals surface area contributed by atoms with Crippen LogP contribution in [0.25, 0.3) is 0 Å². The zero-order chi connectivity index (χ0) is 43.3. The van der Waals surface area contributed by atoms with Gasteiger partial charge in [-0.05, 0) is 136 Å². The highest BCUT2D eigenvalue weighted by Gasteiger charge is 2.04. The van der Waals surface area contributed by atoms with Gasteiger partial charge >= 0.3 is 0 Å². The first-order valence-corrected chi connectivity index (χ1v) is 23.7. The van der Waals surface area contributed by atoms with Crippen molar-refractivity contribution in [3.63, 3.8) is 0 Å². The summed E-state index contributed by atoms with van der Waals surface area (Å²) < 4.78 is 0. The Morgan fingerprint density at radius 3 is 0.967 bits per heavy atom. The highest BCUT2D eigenvalue weighted by Crippen LogP contribution is 2.12. The number of alkyl halides is 1. The molecule has 0 atom stereocenters. The summed E-state index contributed by atoms with van der Waals surface area (Å²) in [6.07, 6.45) is 18.2. The molecule has 0 aliphatic rings. The fourth-order valence-electron chi connectivity index (χ4n) is 6.93. The normalized spacial score (nSPS) is 10.2. The van der Waals surface area contributed by atoms with Gasteiger partial charge in [0.05, 0.1) is 6.07 Å². The fraction of sp³-hybridized carbons (Fsp3) is 0.333. The Morgan fingerprint density at radius 1 is 0.426 bits per heavy atom. The number of halogens is 1. The summed E-state index contributed by atoms with van der Waals surface area (Å²) >= 11 is 3.41. The van der Waals surface area contributed by atoms with Crippen molar-refractivity contribution < 1.29 is 0 Å². The van der Waals surface area contributed by atoms with Crippen molar-refractivity contribution in [3.8, 4) is 6.07 Å². The zero-order valence-corrected chi connectivity index (χ0v) is 38.1. The average molecular weight is 877 g/mol. The van der Waals surface area contributed by atoms with E-state index in [1.165, 1.54) is 59.1 Å². The Balaban J connectivity index is 0.000000227. The van der Waals surface area contributed by atoms with Crippen LogP contribution in [0.1, 0.15) is 104 Å². The van der Waals surface area contributed by atoms with Crippen LogP contribution in [0.5, 0.6) is 0 Å². The molecular weight excluding hydrogens is 807 g/mol. The van der Waals surface area contributed by atoms with Gasteiger partial charge in [0.25, 0.3) is 0 Å². The molecule has 6 aromatic rings. The maximum absolute atomic E-state index is 8.29. The van der Waals surface area contributed by atoms with Gasteiger partial charge in [0, 0.05) is 23.5 Å². The van der Waals surface area contributed by atoms with Crippen LogP contribution in [0.2, 0.25) is 0 Å². The third-order valence-corrected chi connectivity index (χ3v) is 10.9. The van der Waals surface area contributed by atoms with Crippen LogP contribution in [0, 0.1) is 16.7 Å². The predicted molar refractivity (Wildman–Crippen MR) is 267 cm³/mol. The van der Waals surface area contributed by atoms with E-state index >= 15 is 0 Å². The third kappa shape index (κ3) is 26.7. The van der Waals surface area contributed by atoms with E-state index in [0.717, 1.165) is 88.1 Å². The van der Waals surface area contributed by atoms with Crippen LogP contribution in [0.15, 0.2) is 182 Å². The van der Waals surface area contributed by atoms with E-state index in [1.54, 1.807) is 0 Å². The van der Waals surface area contributed by atoms with Crippen molar-refractivity contribution in [1.29, 1.82) is 10.7 Å². The Kier molecular flexibility index (Phi) is 28.5. The Bertz CT molecular complexity index is 1840. The van der Waals surface area contributed by atoms with Gasteiger partial charge in [-0.15, -0.1) is 0 Å². The second-order valence-corrected chi connectivity index (χ2v) is 16.4. The fourth-order valence-corrected chi connectivity index (χ4v) is 7.21. The summed E-state index contributed by atoms with van der Waals surface area (Å²) in [6.45, 7) is 0. The number of benzene rings is 6. The van der Waals surface area contributed by atoms with Crippen molar-refractivity contribution in [2.24, 2.45) is 5.73 Å². The molecule has 6 aromatic carbocycles. The molecular formula is C57H70BrN3. The van der Waals surface area contributed by atoms with Gasteiger partial charge in [-0.3, -0.25) is 0 Å². The first-order chi connectivity index (χ1) is 30.1. The van der Waals surface area contributed by atoms with Crippen molar-refractivity contribution in [3.05, 3.63) is 215 Å². The lowest BCUT2D eigenvalue weighted by molar-refractivity contribution is 0.527. The lowest BCUT2D eigenvalue weighted by atomic mass is 10.00. The second kappa shape index (κ2) is 34.6. The number of nitrogens with zero attached hydrogens (tertiary/aromatic N) is 1. The maximum Gasteiger partial charge on any atom is 0.0621 e. The first-order valence-electron chi connectivity index (χ1n) is 22.5. The number of hydrogen-bond donors (Lipinski definition) is 2. The summed E-state index contributed by atoms with van der Waals surface area (Å²) in [5, 5.41) is 17.4. The molecule has 3 nitrogen and oxygen atoms in total. The molecule has 0 fully saturated rings. The summed E-state index contributed by atoms with van der Waals surface area (Å²) in [7, 11) is 0. The number of hydrogen-bond acceptors (Lipinski definition) is 3. The Hall–Kier alpha value is -5.08. The highest BCUT2D eigenvalue weighted by atomic mass is 79.9. The predicted octanol–water partition coefficient (Wildman–Crippen LogP) is 15.0. The molecule has 0 bridgehead atoms. The molecule has 0 saturated heterocycles. The van der Waals surface area contributed by atoms with E-state index in [0.29, 0.717) is 12.5 Å². The Morgan fingerprint density at radius 2 is 0.689 bits per heavy atom. The minimum atomic E-state index is 0.349. The van der Waals surface area contributed by atoms with Gasteiger partial charge in [-0.2, -0.15) is 5.26 Å². The van der Waals surface area contributed by atoms with Gasteiger partial charge < -0.3 is 11.1 Å². The molecule has 0 radical (unpaired) electrons. The van der Waals surface area contributed by atoms with E-state index in [2.05, 4.69) is 186 Å². The highest BCUT2D eigenvalue weighted by molar-refractivity contribution is 9.09. The minimum Gasteiger partial charge on any atom is -0.328 e. The van der Waals surface area contributed by atoms with Crippen LogP contribution in [-0.2, 0) is 38.5 Å². The minimum absolute atomic E-state index is 0.349. The SMILES string of the molecule is BrCCCc1ccccc1.N#CCCCc1ccccc1.N=C(CCCc1ccccc1)CCCc1ccccc1.NC(CCCc1ccccc1)CCCc1ccccc1. The summed E-state index contributed by atoms with van der Waals surface area (Å²) in [5.41, 5.74) is 15.5. The maximum atomic E-state index is 8.29. The van der Waals surface area contributed by atoms with E-state index in [9.17, 15) is 0 Å². The van der Waals surface area contributed by atoms with Gasteiger partial charge in [0.15, 0.2) is 0 Å². The van der Waals surface area contributed by atoms with Crippen LogP contribution in [0.4, 0.5) is 0 Å². The van der Waals surface area contributed by atoms with E-state index in [1.807, 2.05) is 18.2 Å². The van der Waals surface area contributed by atoms with E-state index < -0.39 is 0 Å². The molecule has 6 rings (SSSR count). The Labute approximate surface area is 378 Å². The van der Waals surface area contributed by atoms with Crippen LogP contribution >= 0.6 is 15.9 Å². The first kappa shape index (κ1) is 50.3. The molecule has 0 heterocycles. The van der Waals surface area contributed by atoms with Crippen LogP contribution < -0.4 is 5.73 Å². The molecule has 0 aliphatic carbocycles. The molecule has 0 amide bonds. The van der Waals surface area contributed by atoms with Crippen molar-refractivity contribution >= 4 is 21.6 Å². The summed E-state index contributed by atoms with van der Waals surface area (Å²) in [6, 6.07) is 65.8. The molecule has 0 aliphatic heterocycles. The quantitative estimate of drug-likeness (QED) is 0.0405. The molecule has 3 N–H and O–H groups in total. The number of nitrogens with one attached hydrogen (secondary N) is 1. The molecule has 0 aromatic heterocycles. The average Bonchev–Trinajstić information content (AvgIpc) is 3.31. The molecule has 0 unspecified atom stereocenters. The van der Waals surface area contributed by atoms with E-state index in [4.69, 9.17) is 16.4 Å². The molecule has 0 saturated carbocycles. The lowest BCUT2D eigenvalue weighted by Crippen LogP contribution is -2.20.